The first-order chi connectivity index (χ1) is 9.15. The Bertz CT molecular complexity index is 411. The van der Waals surface area contributed by atoms with Crippen LogP contribution in [0, 0.1) is 5.92 Å². The van der Waals surface area contributed by atoms with Gasteiger partial charge in [0.05, 0.1) is 6.42 Å². The predicted molar refractivity (Wildman–Crippen MR) is 82.8 cm³/mol. The molecular formula is C15H22N2OS. The number of nitrogens with zero attached hydrogens (tertiary/aromatic N) is 1. The van der Waals surface area contributed by atoms with Crippen molar-refractivity contribution in [3.8, 4) is 0 Å². The Balaban J connectivity index is 1.82. The highest BCUT2D eigenvalue weighted by atomic mass is 32.2. The monoisotopic (exact) mass is 278 g/mol. The summed E-state index contributed by atoms with van der Waals surface area (Å²) in [6, 6.07) is 8.21. The van der Waals surface area contributed by atoms with Crippen molar-refractivity contribution >= 4 is 23.4 Å². The lowest BCUT2D eigenvalue weighted by atomic mass is 10.1. The summed E-state index contributed by atoms with van der Waals surface area (Å²) in [7, 11) is 3.58. The molecule has 1 aliphatic rings. The lowest BCUT2D eigenvalue weighted by Crippen LogP contribution is -2.23. The van der Waals surface area contributed by atoms with E-state index in [0.29, 0.717) is 6.42 Å². The first-order valence-corrected chi connectivity index (χ1v) is 7.91. The highest BCUT2D eigenvalue weighted by Gasteiger charge is 2.14. The van der Waals surface area contributed by atoms with Crippen LogP contribution < -0.4 is 5.32 Å². The summed E-state index contributed by atoms with van der Waals surface area (Å²) in [5, 5.41) is 3.48. The van der Waals surface area contributed by atoms with Gasteiger partial charge in [-0.25, -0.2) is 0 Å². The van der Waals surface area contributed by atoms with Crippen molar-refractivity contribution in [3.05, 3.63) is 29.8 Å². The van der Waals surface area contributed by atoms with Crippen LogP contribution >= 0.6 is 11.8 Å². The van der Waals surface area contributed by atoms with Gasteiger partial charge in [0.25, 0.3) is 0 Å². The van der Waals surface area contributed by atoms with Crippen molar-refractivity contribution in [2.45, 2.75) is 12.8 Å². The molecular weight excluding hydrogens is 256 g/mol. The maximum Gasteiger partial charge on any atom is 0.226 e. The van der Waals surface area contributed by atoms with Gasteiger partial charge in [0.2, 0.25) is 5.91 Å². The first kappa shape index (κ1) is 14.3. The fraction of sp³-hybridized carbons (Fsp3) is 0.533. The molecule has 0 spiro atoms. The molecule has 19 heavy (non-hydrogen) atoms. The normalized spacial score (nSPS) is 18.3. The van der Waals surface area contributed by atoms with E-state index < -0.39 is 0 Å². The average Bonchev–Trinajstić information content (AvgIpc) is 2.91. The molecule has 3 nitrogen and oxygen atoms in total. The van der Waals surface area contributed by atoms with E-state index in [1.54, 1.807) is 19.0 Å². The molecule has 0 saturated carbocycles. The smallest absolute Gasteiger partial charge is 0.226 e. The molecule has 0 radical (unpaired) electrons. The average molecular weight is 278 g/mol. The molecule has 1 aromatic carbocycles. The Hall–Kier alpha value is -1.16. The summed E-state index contributed by atoms with van der Waals surface area (Å²) >= 11 is 2.05. The number of hydrogen-bond donors (Lipinski definition) is 1. The number of thioether (sulfide) groups is 1. The number of amides is 1. The molecule has 2 rings (SSSR count). The van der Waals surface area contributed by atoms with Gasteiger partial charge in [0, 0.05) is 26.3 Å². The summed E-state index contributed by atoms with van der Waals surface area (Å²) in [5.41, 5.74) is 2.22. The number of anilines is 1. The zero-order valence-electron chi connectivity index (χ0n) is 11.7. The van der Waals surface area contributed by atoms with E-state index in [4.69, 9.17) is 0 Å². The van der Waals surface area contributed by atoms with E-state index >= 15 is 0 Å². The van der Waals surface area contributed by atoms with E-state index in [0.717, 1.165) is 23.7 Å². The number of rotatable bonds is 5. The van der Waals surface area contributed by atoms with Crippen molar-refractivity contribution in [2.24, 2.45) is 5.92 Å². The zero-order chi connectivity index (χ0) is 13.7. The fourth-order valence-corrected chi connectivity index (χ4v) is 3.36. The quantitative estimate of drug-likeness (QED) is 0.898. The molecule has 4 heteroatoms. The molecule has 1 aromatic rings. The highest BCUT2D eigenvalue weighted by molar-refractivity contribution is 7.99. The van der Waals surface area contributed by atoms with Crippen LogP contribution in [0.5, 0.6) is 0 Å². The van der Waals surface area contributed by atoms with Gasteiger partial charge in [-0.1, -0.05) is 12.1 Å². The third kappa shape index (κ3) is 4.46. The van der Waals surface area contributed by atoms with Gasteiger partial charge in [-0.05, 0) is 41.5 Å². The second-order valence-electron chi connectivity index (χ2n) is 5.27. The Morgan fingerprint density at radius 3 is 2.68 bits per heavy atom. The summed E-state index contributed by atoms with van der Waals surface area (Å²) in [5.74, 6) is 3.53. The summed E-state index contributed by atoms with van der Waals surface area (Å²) in [4.78, 5) is 13.2. The molecule has 0 aliphatic carbocycles. The molecule has 1 fully saturated rings. The SMILES string of the molecule is CN(C)C(=O)Cc1ccc(NCC2CCSC2)cc1. The largest absolute Gasteiger partial charge is 0.385 e. The summed E-state index contributed by atoms with van der Waals surface area (Å²) in [6.45, 7) is 1.06. The van der Waals surface area contributed by atoms with Crippen molar-refractivity contribution < 1.29 is 4.79 Å². The molecule has 104 valence electrons. The molecule has 1 unspecified atom stereocenters. The van der Waals surface area contributed by atoms with E-state index in [1.807, 2.05) is 23.9 Å². The molecule has 1 amide bonds. The van der Waals surface area contributed by atoms with Crippen LogP contribution in [0.2, 0.25) is 0 Å². The van der Waals surface area contributed by atoms with Crippen LogP contribution in [-0.4, -0.2) is 43.0 Å². The van der Waals surface area contributed by atoms with Gasteiger partial charge >= 0.3 is 0 Å². The van der Waals surface area contributed by atoms with Crippen molar-refractivity contribution in [1.82, 2.24) is 4.90 Å². The van der Waals surface area contributed by atoms with Gasteiger partial charge in [-0.15, -0.1) is 0 Å². The lowest BCUT2D eigenvalue weighted by molar-refractivity contribution is -0.127. The lowest BCUT2D eigenvalue weighted by Gasteiger charge is -2.12. The van der Waals surface area contributed by atoms with Gasteiger partial charge < -0.3 is 10.2 Å². The zero-order valence-corrected chi connectivity index (χ0v) is 12.5. The topological polar surface area (TPSA) is 32.3 Å². The van der Waals surface area contributed by atoms with Crippen LogP contribution in [0.15, 0.2) is 24.3 Å². The van der Waals surface area contributed by atoms with E-state index in [2.05, 4.69) is 17.4 Å². The number of carbonyl (C=O) groups is 1. The van der Waals surface area contributed by atoms with Gasteiger partial charge in [-0.2, -0.15) is 11.8 Å². The van der Waals surface area contributed by atoms with E-state index in [9.17, 15) is 4.79 Å². The number of hydrogen-bond acceptors (Lipinski definition) is 3. The number of likely N-dealkylation sites (N-methyl/N-ethyl adjacent to an activating group) is 1. The Kier molecular flexibility index (Phi) is 5.14. The molecule has 0 bridgehead atoms. The van der Waals surface area contributed by atoms with Crippen LogP contribution in [0.25, 0.3) is 0 Å². The number of benzene rings is 1. The molecule has 1 atom stereocenters. The molecule has 0 aromatic heterocycles. The molecule has 1 N–H and O–H groups in total. The Labute approximate surface area is 119 Å². The second-order valence-corrected chi connectivity index (χ2v) is 6.42. The predicted octanol–water partition coefficient (Wildman–Crippen LogP) is 2.48. The Morgan fingerprint density at radius 2 is 2.11 bits per heavy atom. The van der Waals surface area contributed by atoms with Crippen LogP contribution in [-0.2, 0) is 11.2 Å². The summed E-state index contributed by atoms with van der Waals surface area (Å²) < 4.78 is 0. The van der Waals surface area contributed by atoms with Gasteiger partial charge in [0.1, 0.15) is 0 Å². The highest BCUT2D eigenvalue weighted by Crippen LogP contribution is 2.23. The first-order valence-electron chi connectivity index (χ1n) is 6.76. The molecule has 1 heterocycles. The third-order valence-electron chi connectivity index (χ3n) is 3.43. The van der Waals surface area contributed by atoms with Crippen molar-refractivity contribution in [1.29, 1.82) is 0 Å². The maximum absolute atomic E-state index is 11.6. The van der Waals surface area contributed by atoms with Crippen molar-refractivity contribution in [2.75, 3.05) is 37.5 Å². The van der Waals surface area contributed by atoms with Crippen LogP contribution in [0.4, 0.5) is 5.69 Å². The third-order valence-corrected chi connectivity index (χ3v) is 4.66. The fourth-order valence-electron chi connectivity index (χ4n) is 2.08. The van der Waals surface area contributed by atoms with E-state index in [1.165, 1.54) is 17.9 Å². The standard InChI is InChI=1S/C15H22N2OS/c1-17(2)15(18)9-12-3-5-14(6-4-12)16-10-13-7-8-19-11-13/h3-6,13,16H,7-11H2,1-2H3. The minimum absolute atomic E-state index is 0.142. The molecule has 1 aliphatic heterocycles. The Morgan fingerprint density at radius 1 is 1.37 bits per heavy atom. The van der Waals surface area contributed by atoms with Gasteiger partial charge in [-0.3, -0.25) is 4.79 Å². The van der Waals surface area contributed by atoms with E-state index in [-0.39, 0.29) is 5.91 Å². The number of carbonyl (C=O) groups excluding carboxylic acids is 1. The molecule has 1 saturated heterocycles. The minimum Gasteiger partial charge on any atom is -0.385 e. The van der Waals surface area contributed by atoms with Crippen molar-refractivity contribution in [3.63, 3.8) is 0 Å². The second kappa shape index (κ2) is 6.85. The minimum atomic E-state index is 0.142. The summed E-state index contributed by atoms with van der Waals surface area (Å²) in [6.07, 6.45) is 1.81. The van der Waals surface area contributed by atoms with Crippen LogP contribution in [0.1, 0.15) is 12.0 Å². The van der Waals surface area contributed by atoms with Gasteiger partial charge in [0.15, 0.2) is 0 Å². The maximum atomic E-state index is 11.6. The van der Waals surface area contributed by atoms with Crippen LogP contribution in [0.3, 0.4) is 0 Å². The number of nitrogens with one attached hydrogen (secondary N) is 1.